The van der Waals surface area contributed by atoms with Crippen molar-refractivity contribution in [2.75, 3.05) is 13.2 Å². The van der Waals surface area contributed by atoms with Crippen LogP contribution in [0.5, 0.6) is 0 Å². The van der Waals surface area contributed by atoms with Crippen molar-refractivity contribution in [1.82, 2.24) is 0 Å². The molecule has 0 aromatic carbocycles. The quantitative estimate of drug-likeness (QED) is 0.617. The number of hydrogen-bond donors (Lipinski definition) is 1. The van der Waals surface area contributed by atoms with Crippen LogP contribution in [0.2, 0.25) is 0 Å². The number of ether oxygens (including phenoxy) is 2. The van der Waals surface area contributed by atoms with Crippen LogP contribution < -0.4 is 0 Å². The Bertz CT molecular complexity index is 92.9. The van der Waals surface area contributed by atoms with E-state index < -0.39 is 6.10 Å². The molecule has 0 unspecified atom stereocenters. The van der Waals surface area contributed by atoms with E-state index in [1.165, 1.54) is 0 Å². The fourth-order valence-electron chi connectivity index (χ4n) is 1.06. The molecule has 0 aromatic rings. The maximum Gasteiger partial charge on any atom is 0.183 e. The molecule has 3 nitrogen and oxygen atoms in total. The summed E-state index contributed by atoms with van der Waals surface area (Å²) in [4.78, 5) is 0. The third-order valence-corrected chi connectivity index (χ3v) is 1.57. The van der Waals surface area contributed by atoms with E-state index in [1.807, 2.05) is 6.92 Å². The minimum atomic E-state index is -0.423. The fourth-order valence-corrected chi connectivity index (χ4v) is 1.06. The largest absolute Gasteiger partial charge is 0.388 e. The summed E-state index contributed by atoms with van der Waals surface area (Å²) in [5.41, 5.74) is 0. The van der Waals surface area contributed by atoms with E-state index in [0.717, 1.165) is 12.8 Å². The second-order valence-corrected chi connectivity index (χ2v) is 2.40. The second-order valence-electron chi connectivity index (χ2n) is 2.40. The van der Waals surface area contributed by atoms with Gasteiger partial charge in [-0.3, -0.25) is 0 Å². The summed E-state index contributed by atoms with van der Waals surface area (Å²) in [7, 11) is 0. The highest BCUT2D eigenvalue weighted by Crippen LogP contribution is 2.14. The maximum absolute atomic E-state index is 9.25. The zero-order valence-corrected chi connectivity index (χ0v) is 6.25. The maximum atomic E-state index is 9.25. The molecule has 1 fully saturated rings. The van der Waals surface area contributed by atoms with Crippen LogP contribution in [0, 0.1) is 0 Å². The third-order valence-electron chi connectivity index (χ3n) is 1.57. The highest BCUT2D eigenvalue weighted by molar-refractivity contribution is 4.64. The summed E-state index contributed by atoms with van der Waals surface area (Å²) < 4.78 is 10.3. The van der Waals surface area contributed by atoms with Crippen LogP contribution in [0.4, 0.5) is 0 Å². The molecule has 0 aromatic heterocycles. The second kappa shape index (κ2) is 3.91. The summed E-state index contributed by atoms with van der Waals surface area (Å²) >= 11 is 0. The number of aliphatic hydroxyl groups excluding tert-OH is 1. The van der Waals surface area contributed by atoms with Crippen molar-refractivity contribution < 1.29 is 14.6 Å². The summed E-state index contributed by atoms with van der Waals surface area (Å²) in [6.07, 6.45) is 0.933. The first-order chi connectivity index (χ1) is 4.84. The van der Waals surface area contributed by atoms with Crippen molar-refractivity contribution in [3.63, 3.8) is 0 Å². The Morgan fingerprint density at radius 3 is 3.10 bits per heavy atom. The Kier molecular flexibility index (Phi) is 3.12. The highest BCUT2D eigenvalue weighted by Gasteiger charge is 2.23. The molecule has 0 aliphatic carbocycles. The molecule has 10 heavy (non-hydrogen) atoms. The van der Waals surface area contributed by atoms with Gasteiger partial charge in [-0.15, -0.1) is 0 Å². The molecule has 1 rings (SSSR count). The number of hydrogen-bond acceptors (Lipinski definition) is 3. The number of rotatable bonds is 2. The van der Waals surface area contributed by atoms with Gasteiger partial charge in [0.15, 0.2) is 6.29 Å². The molecule has 1 aliphatic heterocycles. The Hall–Kier alpha value is -0.120. The van der Waals surface area contributed by atoms with Crippen LogP contribution in [0.3, 0.4) is 0 Å². The van der Waals surface area contributed by atoms with Gasteiger partial charge in [-0.2, -0.15) is 0 Å². The summed E-state index contributed by atoms with van der Waals surface area (Å²) in [5, 5.41) is 9.25. The standard InChI is InChI=1S/C7H14O3/c1-2-9-7-6(8)4-3-5-10-7/h6-8H,2-5H2,1H3/t6-,7+/m1/s1. The van der Waals surface area contributed by atoms with Gasteiger partial charge in [0.25, 0.3) is 0 Å². The first kappa shape index (κ1) is 7.98. The van der Waals surface area contributed by atoms with E-state index in [-0.39, 0.29) is 6.29 Å². The molecule has 60 valence electrons. The van der Waals surface area contributed by atoms with Crippen LogP contribution >= 0.6 is 0 Å². The average Bonchev–Trinajstić information content (AvgIpc) is 1.94. The van der Waals surface area contributed by atoms with Gasteiger partial charge in [0, 0.05) is 13.2 Å². The van der Waals surface area contributed by atoms with E-state index in [4.69, 9.17) is 9.47 Å². The lowest BCUT2D eigenvalue weighted by Crippen LogP contribution is -2.36. The predicted molar refractivity (Wildman–Crippen MR) is 36.6 cm³/mol. The van der Waals surface area contributed by atoms with Crippen molar-refractivity contribution in [3.05, 3.63) is 0 Å². The van der Waals surface area contributed by atoms with Crippen molar-refractivity contribution >= 4 is 0 Å². The zero-order valence-electron chi connectivity index (χ0n) is 6.25. The minimum Gasteiger partial charge on any atom is -0.388 e. The van der Waals surface area contributed by atoms with Crippen molar-refractivity contribution in [2.45, 2.75) is 32.2 Å². The van der Waals surface area contributed by atoms with Gasteiger partial charge < -0.3 is 14.6 Å². The number of aliphatic hydroxyl groups is 1. The lowest BCUT2D eigenvalue weighted by atomic mass is 10.1. The van der Waals surface area contributed by atoms with E-state index in [2.05, 4.69) is 0 Å². The summed E-state index contributed by atoms with van der Waals surface area (Å²) in [6.45, 7) is 3.20. The Morgan fingerprint density at radius 2 is 2.50 bits per heavy atom. The van der Waals surface area contributed by atoms with Crippen molar-refractivity contribution in [1.29, 1.82) is 0 Å². The molecule has 0 bridgehead atoms. The van der Waals surface area contributed by atoms with Gasteiger partial charge in [-0.1, -0.05) is 0 Å². The van der Waals surface area contributed by atoms with Crippen molar-refractivity contribution in [2.24, 2.45) is 0 Å². The topological polar surface area (TPSA) is 38.7 Å². The monoisotopic (exact) mass is 146 g/mol. The summed E-state index contributed by atoms with van der Waals surface area (Å²) in [6, 6.07) is 0. The van der Waals surface area contributed by atoms with Crippen LogP contribution in [0.15, 0.2) is 0 Å². The van der Waals surface area contributed by atoms with Crippen LogP contribution in [0.25, 0.3) is 0 Å². The average molecular weight is 146 g/mol. The molecule has 0 spiro atoms. The molecule has 2 atom stereocenters. The lowest BCUT2D eigenvalue weighted by molar-refractivity contribution is -0.212. The first-order valence-electron chi connectivity index (χ1n) is 3.76. The van der Waals surface area contributed by atoms with Crippen LogP contribution in [0.1, 0.15) is 19.8 Å². The SMILES string of the molecule is CCO[C@H]1OCCC[C@H]1O. The third kappa shape index (κ3) is 1.94. The lowest BCUT2D eigenvalue weighted by Gasteiger charge is -2.27. The Morgan fingerprint density at radius 1 is 1.70 bits per heavy atom. The molecule has 1 aliphatic rings. The van der Waals surface area contributed by atoms with Gasteiger partial charge >= 0.3 is 0 Å². The highest BCUT2D eigenvalue weighted by atomic mass is 16.7. The fraction of sp³-hybridized carbons (Fsp3) is 1.00. The molecular weight excluding hydrogens is 132 g/mol. The molecule has 0 radical (unpaired) electrons. The van der Waals surface area contributed by atoms with Gasteiger partial charge in [0.2, 0.25) is 0 Å². The van der Waals surface area contributed by atoms with Gasteiger partial charge in [-0.05, 0) is 19.8 Å². The smallest absolute Gasteiger partial charge is 0.183 e. The molecule has 3 heteroatoms. The predicted octanol–water partition coefficient (Wildman–Crippen LogP) is 0.520. The van der Waals surface area contributed by atoms with Crippen molar-refractivity contribution in [3.8, 4) is 0 Å². The molecule has 1 N–H and O–H groups in total. The van der Waals surface area contributed by atoms with Crippen LogP contribution in [-0.2, 0) is 9.47 Å². The first-order valence-corrected chi connectivity index (χ1v) is 3.76. The van der Waals surface area contributed by atoms with E-state index in [0.29, 0.717) is 13.2 Å². The molecule has 0 saturated carbocycles. The van der Waals surface area contributed by atoms with E-state index in [9.17, 15) is 5.11 Å². The summed E-state index contributed by atoms with van der Waals surface area (Å²) in [5.74, 6) is 0. The normalized spacial score (nSPS) is 34.2. The molecular formula is C7H14O3. The Balaban J connectivity index is 2.25. The molecule has 1 heterocycles. The van der Waals surface area contributed by atoms with Gasteiger partial charge in [0.05, 0.1) is 0 Å². The molecule has 0 amide bonds. The minimum absolute atomic E-state index is 0.376. The Labute approximate surface area is 60.9 Å². The van der Waals surface area contributed by atoms with Gasteiger partial charge in [-0.25, -0.2) is 0 Å². The van der Waals surface area contributed by atoms with E-state index in [1.54, 1.807) is 0 Å². The van der Waals surface area contributed by atoms with Crippen LogP contribution in [-0.4, -0.2) is 30.7 Å². The van der Waals surface area contributed by atoms with Gasteiger partial charge in [0.1, 0.15) is 6.10 Å². The zero-order chi connectivity index (χ0) is 7.40. The van der Waals surface area contributed by atoms with E-state index >= 15 is 0 Å². The molecule has 1 saturated heterocycles.